The highest BCUT2D eigenvalue weighted by Crippen LogP contribution is 2.15. The summed E-state index contributed by atoms with van der Waals surface area (Å²) in [7, 11) is 0. The molecule has 1 amide bonds. The van der Waals surface area contributed by atoms with Crippen LogP contribution in [0.3, 0.4) is 0 Å². The maximum Gasteiger partial charge on any atom is 0.220 e. The number of hydrogen-bond donors (Lipinski definition) is 1. The van der Waals surface area contributed by atoms with Gasteiger partial charge in [-0.25, -0.2) is 4.98 Å². The van der Waals surface area contributed by atoms with E-state index >= 15 is 0 Å². The monoisotopic (exact) mass is 237 g/mol. The Bertz CT molecular complexity index is 332. The van der Waals surface area contributed by atoms with Crippen molar-refractivity contribution in [3.05, 3.63) is 18.7 Å². The van der Waals surface area contributed by atoms with Gasteiger partial charge >= 0.3 is 0 Å². The molecule has 1 aromatic heterocycles. The van der Waals surface area contributed by atoms with Gasteiger partial charge in [-0.3, -0.25) is 4.79 Å². The van der Waals surface area contributed by atoms with Crippen LogP contribution in [0, 0.1) is 5.92 Å². The van der Waals surface area contributed by atoms with Crippen molar-refractivity contribution in [1.29, 1.82) is 0 Å². The minimum Gasteiger partial charge on any atom is -0.381 e. The molecule has 0 saturated carbocycles. The van der Waals surface area contributed by atoms with E-state index in [0.29, 0.717) is 12.3 Å². The zero-order chi connectivity index (χ0) is 11.9. The second-order valence-electron chi connectivity index (χ2n) is 4.44. The van der Waals surface area contributed by atoms with Gasteiger partial charge in [-0.05, 0) is 18.8 Å². The van der Waals surface area contributed by atoms with E-state index in [1.807, 2.05) is 10.8 Å². The molecule has 2 heterocycles. The lowest BCUT2D eigenvalue weighted by molar-refractivity contribution is -0.122. The fraction of sp³-hybridized carbons (Fsp3) is 0.667. The maximum absolute atomic E-state index is 11.6. The largest absolute Gasteiger partial charge is 0.381 e. The molecular weight excluding hydrogens is 218 g/mol. The lowest BCUT2D eigenvalue weighted by atomic mass is 10.1. The van der Waals surface area contributed by atoms with E-state index in [0.717, 1.165) is 39.1 Å². The Kier molecular flexibility index (Phi) is 4.55. The molecule has 1 aliphatic rings. The Labute approximate surface area is 101 Å². The average Bonchev–Trinajstić information content (AvgIpc) is 2.96. The zero-order valence-corrected chi connectivity index (χ0v) is 9.97. The first-order chi connectivity index (χ1) is 8.34. The molecule has 1 aromatic rings. The van der Waals surface area contributed by atoms with Gasteiger partial charge in [0, 0.05) is 45.1 Å². The predicted octanol–water partition coefficient (Wildman–Crippen LogP) is 0.816. The second kappa shape index (κ2) is 6.39. The number of aryl methyl sites for hydroxylation is 1. The lowest BCUT2D eigenvalue weighted by Crippen LogP contribution is -2.27. The van der Waals surface area contributed by atoms with E-state index in [4.69, 9.17) is 4.74 Å². The highest BCUT2D eigenvalue weighted by molar-refractivity contribution is 5.76. The van der Waals surface area contributed by atoms with Gasteiger partial charge in [0.15, 0.2) is 0 Å². The van der Waals surface area contributed by atoms with E-state index in [-0.39, 0.29) is 5.91 Å². The van der Waals surface area contributed by atoms with Gasteiger partial charge in [-0.2, -0.15) is 0 Å². The van der Waals surface area contributed by atoms with Gasteiger partial charge in [0.2, 0.25) is 5.91 Å². The van der Waals surface area contributed by atoms with E-state index < -0.39 is 0 Å². The number of rotatable bonds is 6. The summed E-state index contributed by atoms with van der Waals surface area (Å²) in [6, 6.07) is 0. The van der Waals surface area contributed by atoms with E-state index in [1.54, 1.807) is 12.5 Å². The molecule has 0 spiro atoms. The highest BCUT2D eigenvalue weighted by Gasteiger charge is 2.18. The fourth-order valence-corrected chi connectivity index (χ4v) is 1.99. The Hall–Kier alpha value is -1.36. The number of amides is 1. The Morgan fingerprint density at radius 2 is 2.53 bits per heavy atom. The fourth-order valence-electron chi connectivity index (χ4n) is 1.99. The van der Waals surface area contributed by atoms with Gasteiger partial charge in [0.25, 0.3) is 0 Å². The van der Waals surface area contributed by atoms with Crippen molar-refractivity contribution >= 4 is 5.91 Å². The maximum atomic E-state index is 11.6. The van der Waals surface area contributed by atoms with Gasteiger partial charge < -0.3 is 14.6 Å². The summed E-state index contributed by atoms with van der Waals surface area (Å²) in [5.74, 6) is 0.565. The molecule has 0 radical (unpaired) electrons. The van der Waals surface area contributed by atoms with Gasteiger partial charge in [-0.15, -0.1) is 0 Å². The van der Waals surface area contributed by atoms with E-state index in [9.17, 15) is 4.79 Å². The van der Waals surface area contributed by atoms with Crippen molar-refractivity contribution in [2.75, 3.05) is 19.8 Å². The molecule has 17 heavy (non-hydrogen) atoms. The molecule has 94 valence electrons. The van der Waals surface area contributed by atoms with Crippen molar-refractivity contribution in [2.45, 2.75) is 25.8 Å². The van der Waals surface area contributed by atoms with Crippen molar-refractivity contribution in [3.63, 3.8) is 0 Å². The highest BCUT2D eigenvalue weighted by atomic mass is 16.5. The number of carbonyl (C=O) groups is 1. The number of carbonyl (C=O) groups excluding carboxylic acids is 1. The molecule has 1 aliphatic heterocycles. The summed E-state index contributed by atoms with van der Waals surface area (Å²) < 4.78 is 7.25. The molecule has 2 rings (SSSR count). The molecule has 5 heteroatoms. The summed E-state index contributed by atoms with van der Waals surface area (Å²) in [4.78, 5) is 15.5. The van der Waals surface area contributed by atoms with Crippen LogP contribution in [0.5, 0.6) is 0 Å². The summed E-state index contributed by atoms with van der Waals surface area (Å²) >= 11 is 0. The molecule has 0 unspecified atom stereocenters. The second-order valence-corrected chi connectivity index (χ2v) is 4.44. The Morgan fingerprint density at radius 3 is 3.24 bits per heavy atom. The average molecular weight is 237 g/mol. The summed E-state index contributed by atoms with van der Waals surface area (Å²) in [5.41, 5.74) is 0. The molecule has 5 nitrogen and oxygen atoms in total. The third-order valence-electron chi connectivity index (χ3n) is 2.97. The van der Waals surface area contributed by atoms with Crippen LogP contribution in [0.1, 0.15) is 19.3 Å². The minimum atomic E-state index is 0.145. The minimum absolute atomic E-state index is 0.145. The molecular formula is C12H19N3O2. The zero-order valence-electron chi connectivity index (χ0n) is 9.97. The first-order valence-electron chi connectivity index (χ1n) is 6.15. The van der Waals surface area contributed by atoms with Crippen LogP contribution in [0.2, 0.25) is 0 Å². The van der Waals surface area contributed by atoms with Crippen LogP contribution in [0.15, 0.2) is 18.7 Å². The number of ether oxygens (including phenoxy) is 1. The molecule has 1 atom stereocenters. The van der Waals surface area contributed by atoms with Crippen LogP contribution in [0.4, 0.5) is 0 Å². The smallest absolute Gasteiger partial charge is 0.220 e. The van der Waals surface area contributed by atoms with Gasteiger partial charge in [-0.1, -0.05) is 0 Å². The Morgan fingerprint density at radius 1 is 1.59 bits per heavy atom. The number of aromatic nitrogens is 2. The van der Waals surface area contributed by atoms with Crippen molar-refractivity contribution in [3.8, 4) is 0 Å². The molecule has 0 aromatic carbocycles. The van der Waals surface area contributed by atoms with Crippen molar-refractivity contribution < 1.29 is 9.53 Å². The number of nitrogens with one attached hydrogen (secondary N) is 1. The molecule has 1 saturated heterocycles. The number of hydrogen-bond acceptors (Lipinski definition) is 3. The predicted molar refractivity (Wildman–Crippen MR) is 63.4 cm³/mol. The van der Waals surface area contributed by atoms with Crippen LogP contribution in [-0.4, -0.2) is 35.2 Å². The summed E-state index contributed by atoms with van der Waals surface area (Å²) in [5, 5.41) is 2.94. The van der Waals surface area contributed by atoms with Crippen molar-refractivity contribution in [2.24, 2.45) is 5.92 Å². The Balaban J connectivity index is 1.53. The van der Waals surface area contributed by atoms with Crippen LogP contribution >= 0.6 is 0 Å². The van der Waals surface area contributed by atoms with Gasteiger partial charge in [0.1, 0.15) is 0 Å². The standard InChI is InChI=1S/C12H19N3O2/c16-12(8-11-2-7-17-9-11)14-3-1-5-15-6-4-13-10-15/h4,6,10-11H,1-3,5,7-9H2,(H,14,16)/t11-/m1/s1. The number of nitrogens with zero attached hydrogens (tertiary/aromatic N) is 2. The SMILES string of the molecule is O=C(C[C@H]1CCOC1)NCCCn1ccnc1. The van der Waals surface area contributed by atoms with E-state index in [2.05, 4.69) is 10.3 Å². The van der Waals surface area contributed by atoms with Crippen molar-refractivity contribution in [1.82, 2.24) is 14.9 Å². The summed E-state index contributed by atoms with van der Waals surface area (Å²) in [6.07, 6.45) is 8.03. The van der Waals surface area contributed by atoms with Gasteiger partial charge in [0.05, 0.1) is 6.33 Å². The number of imidazole rings is 1. The normalized spacial score (nSPS) is 19.4. The molecule has 0 bridgehead atoms. The van der Waals surface area contributed by atoms with Crippen LogP contribution < -0.4 is 5.32 Å². The molecule has 1 N–H and O–H groups in total. The molecule has 0 aliphatic carbocycles. The van der Waals surface area contributed by atoms with Crippen LogP contribution in [-0.2, 0) is 16.1 Å². The van der Waals surface area contributed by atoms with E-state index in [1.165, 1.54) is 0 Å². The third kappa shape index (κ3) is 4.19. The summed E-state index contributed by atoms with van der Waals surface area (Å²) in [6.45, 7) is 3.17. The first-order valence-corrected chi connectivity index (χ1v) is 6.15. The quantitative estimate of drug-likeness (QED) is 0.745. The molecule has 1 fully saturated rings. The third-order valence-corrected chi connectivity index (χ3v) is 2.97. The van der Waals surface area contributed by atoms with Crippen LogP contribution in [0.25, 0.3) is 0 Å². The lowest BCUT2D eigenvalue weighted by Gasteiger charge is -2.08. The topological polar surface area (TPSA) is 56.1 Å². The first kappa shape index (κ1) is 12.1.